The van der Waals surface area contributed by atoms with Crippen LogP contribution in [-0.4, -0.2) is 25.5 Å². The van der Waals surface area contributed by atoms with E-state index in [0.29, 0.717) is 31.8 Å². The highest BCUT2D eigenvalue weighted by Crippen LogP contribution is 2.19. The molecule has 0 aliphatic carbocycles. The van der Waals surface area contributed by atoms with Gasteiger partial charge in [-0.2, -0.15) is 0 Å². The van der Waals surface area contributed by atoms with Crippen LogP contribution in [0.15, 0.2) is 29.4 Å². The van der Waals surface area contributed by atoms with Gasteiger partial charge in [0.15, 0.2) is 0 Å². The van der Waals surface area contributed by atoms with E-state index in [-0.39, 0.29) is 11.8 Å². The van der Waals surface area contributed by atoms with Crippen molar-refractivity contribution in [3.8, 4) is 5.75 Å². The van der Waals surface area contributed by atoms with E-state index in [1.165, 1.54) is 24.3 Å². The van der Waals surface area contributed by atoms with Crippen molar-refractivity contribution in [2.75, 3.05) is 13.2 Å². The lowest BCUT2D eigenvalue weighted by atomic mass is 10.2. The van der Waals surface area contributed by atoms with Gasteiger partial charge in [0.2, 0.25) is 0 Å². The van der Waals surface area contributed by atoms with Crippen molar-refractivity contribution in [2.45, 2.75) is 18.9 Å². The Hall–Kier alpha value is -1.95. The summed E-state index contributed by atoms with van der Waals surface area (Å²) in [6.07, 6.45) is 0.475. The third kappa shape index (κ3) is 3.53. The van der Waals surface area contributed by atoms with E-state index in [9.17, 15) is 9.70 Å². The number of hydrogen-bond donors (Lipinski definition) is 0. The number of carbonyl (C=O) groups is 1. The highest BCUT2D eigenvalue weighted by molar-refractivity contribution is 5.64. The largest absolute Gasteiger partial charge is 0.514 e. The van der Waals surface area contributed by atoms with Gasteiger partial charge in [0, 0.05) is 12.8 Å². The summed E-state index contributed by atoms with van der Waals surface area (Å²) in [5.41, 5.74) is 0.278. The highest BCUT2D eigenvalue weighted by atomic mass is 16.7. The lowest BCUT2D eigenvalue weighted by Crippen LogP contribution is -2.27. The maximum absolute atomic E-state index is 11.5. The molecule has 0 atom stereocenters. The monoisotopic (exact) mass is 251 g/mol. The summed E-state index contributed by atoms with van der Waals surface area (Å²) in [5.74, 6) is 0.319. The molecule has 0 spiro atoms. The third-order valence-corrected chi connectivity index (χ3v) is 2.57. The maximum Gasteiger partial charge on any atom is 0.514 e. The molecule has 6 heteroatoms. The standard InChI is InChI=1S/C12H13NO5/c14-12(18-11-5-7-16-8-6-11)17-10-3-1-9(13-15)2-4-10/h1-4,11H,5-8H2. The van der Waals surface area contributed by atoms with Crippen LogP contribution in [0.3, 0.4) is 0 Å². The first-order chi connectivity index (χ1) is 8.78. The van der Waals surface area contributed by atoms with E-state index in [4.69, 9.17) is 14.2 Å². The van der Waals surface area contributed by atoms with E-state index in [2.05, 4.69) is 5.18 Å². The predicted molar refractivity (Wildman–Crippen MR) is 62.8 cm³/mol. The van der Waals surface area contributed by atoms with Gasteiger partial charge in [0.05, 0.1) is 13.2 Å². The van der Waals surface area contributed by atoms with Crippen LogP contribution in [0, 0.1) is 4.91 Å². The molecular formula is C12H13NO5. The molecule has 1 aliphatic heterocycles. The summed E-state index contributed by atoms with van der Waals surface area (Å²) in [6, 6.07) is 5.90. The zero-order valence-corrected chi connectivity index (χ0v) is 9.70. The minimum absolute atomic E-state index is 0.151. The zero-order chi connectivity index (χ0) is 12.8. The van der Waals surface area contributed by atoms with Gasteiger partial charge in [0.1, 0.15) is 17.5 Å². The zero-order valence-electron chi connectivity index (χ0n) is 9.70. The van der Waals surface area contributed by atoms with E-state index in [0.717, 1.165) is 0 Å². The molecule has 1 aromatic carbocycles. The van der Waals surface area contributed by atoms with Gasteiger partial charge in [-0.15, -0.1) is 4.91 Å². The average Bonchev–Trinajstić information content (AvgIpc) is 2.40. The molecule has 6 nitrogen and oxygen atoms in total. The summed E-state index contributed by atoms with van der Waals surface area (Å²) in [5, 5.41) is 2.75. The van der Waals surface area contributed by atoms with E-state index >= 15 is 0 Å². The second-order valence-electron chi connectivity index (χ2n) is 3.87. The van der Waals surface area contributed by atoms with Crippen molar-refractivity contribution in [1.29, 1.82) is 0 Å². The number of rotatable bonds is 3. The molecule has 0 radical (unpaired) electrons. The van der Waals surface area contributed by atoms with Gasteiger partial charge in [0.25, 0.3) is 0 Å². The molecule has 0 amide bonds. The quantitative estimate of drug-likeness (QED) is 0.469. The number of carbonyl (C=O) groups excluding carboxylic acids is 1. The average molecular weight is 251 g/mol. The molecular weight excluding hydrogens is 238 g/mol. The summed E-state index contributed by atoms with van der Waals surface area (Å²) >= 11 is 0. The maximum atomic E-state index is 11.5. The lowest BCUT2D eigenvalue weighted by molar-refractivity contribution is -0.0128. The Morgan fingerprint density at radius 2 is 1.89 bits per heavy atom. The fourth-order valence-corrected chi connectivity index (χ4v) is 1.63. The van der Waals surface area contributed by atoms with Gasteiger partial charge in [-0.3, -0.25) is 0 Å². The van der Waals surface area contributed by atoms with Crippen LogP contribution in [-0.2, 0) is 9.47 Å². The highest BCUT2D eigenvalue weighted by Gasteiger charge is 2.19. The van der Waals surface area contributed by atoms with Crippen LogP contribution >= 0.6 is 0 Å². The molecule has 1 aromatic rings. The second-order valence-corrected chi connectivity index (χ2v) is 3.87. The van der Waals surface area contributed by atoms with Crippen LogP contribution in [0.1, 0.15) is 12.8 Å². The first kappa shape index (κ1) is 12.5. The number of nitrogens with zero attached hydrogens (tertiary/aromatic N) is 1. The smallest absolute Gasteiger partial charge is 0.430 e. The third-order valence-electron chi connectivity index (χ3n) is 2.57. The molecule has 1 aliphatic rings. The molecule has 0 unspecified atom stereocenters. The minimum atomic E-state index is -0.742. The predicted octanol–water partition coefficient (Wildman–Crippen LogP) is 2.78. The van der Waals surface area contributed by atoms with Crippen molar-refractivity contribution in [2.24, 2.45) is 5.18 Å². The fourth-order valence-electron chi connectivity index (χ4n) is 1.63. The van der Waals surface area contributed by atoms with Gasteiger partial charge in [-0.1, -0.05) is 0 Å². The van der Waals surface area contributed by atoms with E-state index in [1.807, 2.05) is 0 Å². The molecule has 0 bridgehead atoms. The van der Waals surface area contributed by atoms with Gasteiger partial charge in [-0.25, -0.2) is 4.79 Å². The molecule has 1 heterocycles. The molecule has 0 saturated carbocycles. The number of hydrogen-bond acceptors (Lipinski definition) is 6. The first-order valence-electron chi connectivity index (χ1n) is 5.67. The van der Waals surface area contributed by atoms with Gasteiger partial charge < -0.3 is 14.2 Å². The minimum Gasteiger partial charge on any atom is -0.430 e. The Balaban J connectivity index is 1.83. The Morgan fingerprint density at radius 3 is 2.50 bits per heavy atom. The molecule has 1 fully saturated rings. The van der Waals surface area contributed by atoms with Crippen molar-refractivity contribution in [3.05, 3.63) is 29.2 Å². The van der Waals surface area contributed by atoms with Crippen LogP contribution in [0.4, 0.5) is 10.5 Å². The summed E-state index contributed by atoms with van der Waals surface area (Å²) in [4.78, 5) is 21.7. The molecule has 0 N–H and O–H groups in total. The molecule has 1 saturated heterocycles. The summed E-state index contributed by atoms with van der Waals surface area (Å²) in [6.45, 7) is 1.19. The van der Waals surface area contributed by atoms with E-state index < -0.39 is 6.16 Å². The Labute approximate surface area is 104 Å². The van der Waals surface area contributed by atoms with Crippen LogP contribution in [0.2, 0.25) is 0 Å². The molecule has 0 aromatic heterocycles. The molecule has 18 heavy (non-hydrogen) atoms. The Bertz CT molecular complexity index is 411. The lowest BCUT2D eigenvalue weighted by Gasteiger charge is -2.21. The van der Waals surface area contributed by atoms with Crippen molar-refractivity contribution >= 4 is 11.8 Å². The van der Waals surface area contributed by atoms with Crippen LogP contribution in [0.25, 0.3) is 0 Å². The molecule has 2 rings (SSSR count). The van der Waals surface area contributed by atoms with Crippen molar-refractivity contribution < 1.29 is 19.0 Å². The number of benzene rings is 1. The number of nitroso groups, excluding NO2 is 1. The van der Waals surface area contributed by atoms with Gasteiger partial charge >= 0.3 is 6.16 Å². The van der Waals surface area contributed by atoms with Crippen LogP contribution in [0.5, 0.6) is 5.75 Å². The van der Waals surface area contributed by atoms with Crippen molar-refractivity contribution in [3.63, 3.8) is 0 Å². The second kappa shape index (κ2) is 6.11. The van der Waals surface area contributed by atoms with Gasteiger partial charge in [-0.05, 0) is 29.4 Å². The SMILES string of the molecule is O=Nc1ccc(OC(=O)OC2CCOCC2)cc1. The summed E-state index contributed by atoms with van der Waals surface area (Å²) in [7, 11) is 0. The van der Waals surface area contributed by atoms with Crippen molar-refractivity contribution in [1.82, 2.24) is 0 Å². The Kier molecular flexibility index (Phi) is 4.25. The number of ether oxygens (including phenoxy) is 3. The normalized spacial score (nSPS) is 16.0. The van der Waals surface area contributed by atoms with Crippen LogP contribution < -0.4 is 4.74 Å². The molecule has 96 valence electrons. The van der Waals surface area contributed by atoms with E-state index in [1.54, 1.807) is 0 Å². The Morgan fingerprint density at radius 1 is 1.22 bits per heavy atom. The topological polar surface area (TPSA) is 74.2 Å². The fraction of sp³-hybridized carbons (Fsp3) is 0.417. The first-order valence-corrected chi connectivity index (χ1v) is 5.67. The summed E-state index contributed by atoms with van der Waals surface area (Å²) < 4.78 is 15.2.